The van der Waals surface area contributed by atoms with Crippen LogP contribution in [0, 0.1) is 0 Å². The van der Waals surface area contributed by atoms with Gasteiger partial charge in [0.15, 0.2) is 5.78 Å². The van der Waals surface area contributed by atoms with Crippen molar-refractivity contribution in [2.75, 3.05) is 0 Å². The van der Waals surface area contributed by atoms with E-state index in [4.69, 9.17) is 0 Å². The predicted molar refractivity (Wildman–Crippen MR) is 99.0 cm³/mol. The first-order chi connectivity index (χ1) is 11.3. The molecule has 23 heavy (non-hydrogen) atoms. The molecular weight excluding hydrogens is 300 g/mol. The van der Waals surface area contributed by atoms with Crippen molar-refractivity contribution in [1.29, 1.82) is 0 Å². The van der Waals surface area contributed by atoms with E-state index in [0.717, 1.165) is 5.56 Å². The van der Waals surface area contributed by atoms with E-state index in [2.05, 4.69) is 24.3 Å². The summed E-state index contributed by atoms with van der Waals surface area (Å²) >= 11 is 2.02. The molecule has 2 heteroatoms. The Morgan fingerprint density at radius 1 is 0.913 bits per heavy atom. The SMILES string of the molecule is O=C(CC(SC1CCCCC1)c1ccccc1)c1ccccc1. The molecule has 1 unspecified atom stereocenters. The van der Waals surface area contributed by atoms with Gasteiger partial charge in [0.1, 0.15) is 0 Å². The molecule has 0 bridgehead atoms. The normalized spacial score (nSPS) is 16.9. The number of hydrogen-bond acceptors (Lipinski definition) is 2. The Hall–Kier alpha value is -1.54. The third kappa shape index (κ3) is 4.71. The van der Waals surface area contributed by atoms with E-state index < -0.39 is 0 Å². The Kier molecular flexibility index (Phi) is 5.93. The van der Waals surface area contributed by atoms with Crippen LogP contribution in [0.25, 0.3) is 0 Å². The Morgan fingerprint density at radius 2 is 1.52 bits per heavy atom. The molecule has 3 rings (SSSR count). The lowest BCUT2D eigenvalue weighted by atomic mass is 10.0. The van der Waals surface area contributed by atoms with Gasteiger partial charge >= 0.3 is 0 Å². The van der Waals surface area contributed by atoms with Gasteiger partial charge in [-0.2, -0.15) is 0 Å². The summed E-state index contributed by atoms with van der Waals surface area (Å²) in [6, 6.07) is 20.2. The fraction of sp³-hybridized carbons (Fsp3) is 0.381. The highest BCUT2D eigenvalue weighted by Gasteiger charge is 2.23. The van der Waals surface area contributed by atoms with Gasteiger partial charge in [0.2, 0.25) is 0 Å². The van der Waals surface area contributed by atoms with Crippen LogP contribution in [-0.2, 0) is 0 Å². The van der Waals surface area contributed by atoms with Gasteiger partial charge in [0, 0.05) is 22.5 Å². The maximum absolute atomic E-state index is 12.7. The predicted octanol–water partition coefficient (Wildman–Crippen LogP) is 6.07. The quantitative estimate of drug-likeness (QED) is 0.600. The molecule has 2 aromatic carbocycles. The van der Waals surface area contributed by atoms with Crippen molar-refractivity contribution in [1.82, 2.24) is 0 Å². The minimum atomic E-state index is 0.253. The molecule has 1 aliphatic carbocycles. The second-order valence-corrected chi connectivity index (χ2v) is 7.80. The van der Waals surface area contributed by atoms with Crippen molar-refractivity contribution in [2.24, 2.45) is 0 Å². The van der Waals surface area contributed by atoms with E-state index >= 15 is 0 Å². The summed E-state index contributed by atoms with van der Waals surface area (Å²) in [6.07, 6.45) is 7.24. The van der Waals surface area contributed by atoms with Gasteiger partial charge in [-0.15, -0.1) is 11.8 Å². The monoisotopic (exact) mass is 324 g/mol. The number of thioether (sulfide) groups is 1. The second kappa shape index (κ2) is 8.35. The highest BCUT2D eigenvalue weighted by atomic mass is 32.2. The summed E-state index contributed by atoms with van der Waals surface area (Å²) in [6.45, 7) is 0. The first kappa shape index (κ1) is 16.3. The number of ketones is 1. The van der Waals surface area contributed by atoms with Gasteiger partial charge in [-0.1, -0.05) is 79.9 Å². The number of carbonyl (C=O) groups excluding carboxylic acids is 1. The lowest BCUT2D eigenvalue weighted by Gasteiger charge is -2.26. The molecule has 0 saturated heterocycles. The maximum Gasteiger partial charge on any atom is 0.164 e. The number of Topliss-reactive ketones (excluding diaryl/α,β-unsaturated/α-hetero) is 1. The molecule has 2 aromatic rings. The molecule has 1 saturated carbocycles. The summed E-state index contributed by atoms with van der Waals surface area (Å²) in [5.74, 6) is 0.253. The molecule has 1 aliphatic rings. The third-order valence-electron chi connectivity index (χ3n) is 4.55. The topological polar surface area (TPSA) is 17.1 Å². The van der Waals surface area contributed by atoms with Gasteiger partial charge in [0.25, 0.3) is 0 Å². The maximum atomic E-state index is 12.7. The fourth-order valence-electron chi connectivity index (χ4n) is 3.26. The first-order valence-electron chi connectivity index (χ1n) is 8.61. The van der Waals surface area contributed by atoms with Crippen molar-refractivity contribution in [3.63, 3.8) is 0 Å². The molecule has 0 amide bonds. The molecule has 1 nitrogen and oxygen atoms in total. The summed E-state index contributed by atoms with van der Waals surface area (Å²) < 4.78 is 0. The van der Waals surface area contributed by atoms with Crippen molar-refractivity contribution in [2.45, 2.75) is 49.0 Å². The lowest BCUT2D eigenvalue weighted by molar-refractivity contribution is 0.0982. The average molecular weight is 324 g/mol. The zero-order chi connectivity index (χ0) is 15.9. The second-order valence-electron chi connectivity index (χ2n) is 6.29. The minimum Gasteiger partial charge on any atom is -0.294 e. The van der Waals surface area contributed by atoms with Crippen LogP contribution in [-0.4, -0.2) is 11.0 Å². The van der Waals surface area contributed by atoms with E-state index in [1.54, 1.807) is 0 Å². The van der Waals surface area contributed by atoms with E-state index in [1.807, 2.05) is 48.2 Å². The van der Waals surface area contributed by atoms with Crippen LogP contribution in [0.5, 0.6) is 0 Å². The van der Waals surface area contributed by atoms with Crippen LogP contribution < -0.4 is 0 Å². The van der Waals surface area contributed by atoms with Gasteiger partial charge in [-0.3, -0.25) is 4.79 Å². The van der Waals surface area contributed by atoms with E-state index in [1.165, 1.54) is 37.7 Å². The molecule has 0 radical (unpaired) electrons. The van der Waals surface area contributed by atoms with Crippen molar-refractivity contribution < 1.29 is 4.79 Å². The Balaban J connectivity index is 1.73. The number of carbonyl (C=O) groups is 1. The van der Waals surface area contributed by atoms with Crippen LogP contribution in [0.1, 0.15) is 59.7 Å². The average Bonchev–Trinajstić information content (AvgIpc) is 2.63. The van der Waals surface area contributed by atoms with Crippen LogP contribution in [0.4, 0.5) is 0 Å². The summed E-state index contributed by atoms with van der Waals surface area (Å²) in [4.78, 5) is 12.7. The van der Waals surface area contributed by atoms with Crippen molar-refractivity contribution >= 4 is 17.5 Å². The van der Waals surface area contributed by atoms with Gasteiger partial charge in [0.05, 0.1) is 0 Å². The Morgan fingerprint density at radius 3 is 2.17 bits per heavy atom. The van der Waals surface area contributed by atoms with E-state index in [-0.39, 0.29) is 11.0 Å². The summed E-state index contributed by atoms with van der Waals surface area (Å²) in [7, 11) is 0. The molecule has 120 valence electrons. The number of hydrogen-bond donors (Lipinski definition) is 0. The van der Waals surface area contributed by atoms with Crippen molar-refractivity contribution in [3.8, 4) is 0 Å². The van der Waals surface area contributed by atoms with E-state index in [0.29, 0.717) is 11.7 Å². The van der Waals surface area contributed by atoms with Crippen molar-refractivity contribution in [3.05, 3.63) is 71.8 Å². The minimum absolute atomic E-state index is 0.253. The third-order valence-corrected chi connectivity index (χ3v) is 6.17. The molecule has 1 fully saturated rings. The lowest BCUT2D eigenvalue weighted by Crippen LogP contribution is -2.13. The van der Waals surface area contributed by atoms with Gasteiger partial charge in [-0.25, -0.2) is 0 Å². The number of rotatable bonds is 6. The zero-order valence-electron chi connectivity index (χ0n) is 13.5. The molecule has 0 aliphatic heterocycles. The Bertz CT molecular complexity index is 602. The highest BCUT2D eigenvalue weighted by molar-refractivity contribution is 8.00. The number of benzene rings is 2. The molecule has 0 heterocycles. The van der Waals surface area contributed by atoms with Crippen LogP contribution in [0.2, 0.25) is 0 Å². The first-order valence-corrected chi connectivity index (χ1v) is 9.56. The van der Waals surface area contributed by atoms with Crippen LogP contribution >= 0.6 is 11.8 Å². The van der Waals surface area contributed by atoms with Gasteiger partial charge < -0.3 is 0 Å². The molecule has 1 atom stereocenters. The highest BCUT2D eigenvalue weighted by Crippen LogP contribution is 2.41. The zero-order valence-corrected chi connectivity index (χ0v) is 14.3. The summed E-state index contributed by atoms with van der Waals surface area (Å²) in [5.41, 5.74) is 2.12. The molecule has 0 N–H and O–H groups in total. The van der Waals surface area contributed by atoms with Crippen LogP contribution in [0.15, 0.2) is 60.7 Å². The standard InChI is InChI=1S/C21H24OS/c22-20(17-10-4-1-5-11-17)16-21(18-12-6-2-7-13-18)23-19-14-8-3-9-15-19/h1-2,4-7,10-13,19,21H,3,8-9,14-16H2. The smallest absolute Gasteiger partial charge is 0.164 e. The summed E-state index contributed by atoms with van der Waals surface area (Å²) in [5, 5.41) is 0.976. The molecular formula is C21H24OS. The van der Waals surface area contributed by atoms with Gasteiger partial charge in [-0.05, 0) is 18.4 Å². The van der Waals surface area contributed by atoms with E-state index in [9.17, 15) is 4.79 Å². The molecule has 0 spiro atoms. The molecule has 0 aromatic heterocycles. The fourth-order valence-corrected chi connectivity index (χ4v) is 4.89. The Labute approximate surface area is 143 Å². The van der Waals surface area contributed by atoms with Crippen LogP contribution in [0.3, 0.4) is 0 Å². The largest absolute Gasteiger partial charge is 0.294 e.